The Balaban J connectivity index is 1.88. The minimum atomic E-state index is 0.283. The van der Waals surface area contributed by atoms with Gasteiger partial charge in [-0.1, -0.05) is 27.7 Å². The summed E-state index contributed by atoms with van der Waals surface area (Å²) in [5.41, 5.74) is 0.528. The third kappa shape index (κ3) is 3.84. The summed E-state index contributed by atoms with van der Waals surface area (Å²) >= 11 is 0. The maximum atomic E-state index is 12.3. The first-order valence-electron chi connectivity index (χ1n) is 8.51. The molecule has 0 heterocycles. The molecule has 2 fully saturated rings. The second-order valence-corrected chi connectivity index (χ2v) is 8.43. The minimum Gasteiger partial charge on any atom is -0.303 e. The molecule has 3 unspecified atom stereocenters. The second kappa shape index (κ2) is 6.17. The van der Waals surface area contributed by atoms with Crippen LogP contribution in [0.1, 0.15) is 66.2 Å². The summed E-state index contributed by atoms with van der Waals surface area (Å²) in [5.74, 6) is 1.95. The van der Waals surface area contributed by atoms with Crippen LogP contribution in [0.2, 0.25) is 0 Å². The van der Waals surface area contributed by atoms with Gasteiger partial charge >= 0.3 is 0 Å². The number of carbonyl (C=O) groups is 1. The largest absolute Gasteiger partial charge is 0.303 e. The van der Waals surface area contributed by atoms with Crippen molar-refractivity contribution in [1.82, 2.24) is 4.90 Å². The van der Waals surface area contributed by atoms with Crippen molar-refractivity contribution < 1.29 is 4.79 Å². The zero-order valence-electron chi connectivity index (χ0n) is 14.1. The molecule has 0 bridgehead atoms. The van der Waals surface area contributed by atoms with E-state index in [0.29, 0.717) is 29.1 Å². The van der Waals surface area contributed by atoms with Gasteiger partial charge < -0.3 is 4.90 Å². The van der Waals surface area contributed by atoms with Crippen molar-refractivity contribution in [3.63, 3.8) is 0 Å². The molecule has 20 heavy (non-hydrogen) atoms. The van der Waals surface area contributed by atoms with Gasteiger partial charge in [-0.05, 0) is 56.4 Å². The Hall–Kier alpha value is -0.370. The lowest BCUT2D eigenvalue weighted by molar-refractivity contribution is -0.129. The first-order chi connectivity index (χ1) is 9.28. The van der Waals surface area contributed by atoms with Crippen molar-refractivity contribution >= 4 is 5.78 Å². The van der Waals surface area contributed by atoms with Crippen LogP contribution >= 0.6 is 0 Å². The van der Waals surface area contributed by atoms with E-state index < -0.39 is 0 Å². The van der Waals surface area contributed by atoms with Crippen LogP contribution in [0.4, 0.5) is 0 Å². The van der Waals surface area contributed by atoms with E-state index in [1.165, 1.54) is 32.1 Å². The molecular formula is C18H33NO. The third-order valence-corrected chi connectivity index (χ3v) is 5.84. The molecule has 0 aromatic heterocycles. The maximum Gasteiger partial charge on any atom is 0.137 e. The minimum absolute atomic E-state index is 0.283. The molecule has 0 aromatic rings. The Kier molecular flexibility index (Phi) is 4.94. The SMILES string of the molecule is CC1CC(=O)C(CN(C)C2CCC(C)(C)CC2)C(C)C1. The van der Waals surface area contributed by atoms with Crippen LogP contribution in [-0.4, -0.2) is 30.3 Å². The van der Waals surface area contributed by atoms with Crippen molar-refractivity contribution in [2.75, 3.05) is 13.6 Å². The van der Waals surface area contributed by atoms with E-state index in [1.807, 2.05) is 0 Å². The average Bonchev–Trinajstić information content (AvgIpc) is 2.33. The fourth-order valence-corrected chi connectivity index (χ4v) is 4.26. The zero-order chi connectivity index (χ0) is 14.9. The predicted molar refractivity (Wildman–Crippen MR) is 84.7 cm³/mol. The molecule has 0 aliphatic heterocycles. The topological polar surface area (TPSA) is 20.3 Å². The molecule has 2 nitrogen and oxygen atoms in total. The Bertz CT molecular complexity index is 339. The first kappa shape index (κ1) is 16.0. The van der Waals surface area contributed by atoms with Crippen LogP contribution in [-0.2, 0) is 4.79 Å². The van der Waals surface area contributed by atoms with Gasteiger partial charge in [0.15, 0.2) is 0 Å². The van der Waals surface area contributed by atoms with E-state index in [4.69, 9.17) is 0 Å². The molecule has 0 radical (unpaired) electrons. The normalized spacial score (nSPS) is 35.5. The number of nitrogens with zero attached hydrogens (tertiary/aromatic N) is 1. The number of Topliss-reactive ketones (excluding diaryl/α,β-unsaturated/α-hetero) is 1. The summed E-state index contributed by atoms with van der Waals surface area (Å²) in [6.45, 7) is 10.3. The fourth-order valence-electron chi connectivity index (χ4n) is 4.26. The van der Waals surface area contributed by atoms with Gasteiger partial charge in [0.05, 0.1) is 0 Å². The van der Waals surface area contributed by atoms with E-state index in [0.717, 1.165) is 13.0 Å². The van der Waals surface area contributed by atoms with Crippen molar-refractivity contribution in [2.24, 2.45) is 23.2 Å². The quantitative estimate of drug-likeness (QED) is 0.774. The molecular weight excluding hydrogens is 246 g/mol. The maximum absolute atomic E-state index is 12.3. The molecule has 0 aromatic carbocycles. The Morgan fingerprint density at radius 2 is 1.80 bits per heavy atom. The van der Waals surface area contributed by atoms with Gasteiger partial charge in [-0.15, -0.1) is 0 Å². The number of hydrogen-bond acceptors (Lipinski definition) is 2. The molecule has 0 amide bonds. The lowest BCUT2D eigenvalue weighted by atomic mass is 9.73. The molecule has 116 valence electrons. The van der Waals surface area contributed by atoms with Crippen LogP contribution < -0.4 is 0 Å². The Morgan fingerprint density at radius 1 is 1.20 bits per heavy atom. The fraction of sp³-hybridized carbons (Fsp3) is 0.944. The molecule has 2 saturated carbocycles. The van der Waals surface area contributed by atoms with Gasteiger partial charge in [0.1, 0.15) is 5.78 Å². The van der Waals surface area contributed by atoms with Crippen LogP contribution in [0.3, 0.4) is 0 Å². The highest BCUT2D eigenvalue weighted by atomic mass is 16.1. The Morgan fingerprint density at radius 3 is 2.35 bits per heavy atom. The molecule has 2 aliphatic carbocycles. The summed E-state index contributed by atoms with van der Waals surface area (Å²) in [7, 11) is 2.24. The average molecular weight is 279 g/mol. The summed E-state index contributed by atoms with van der Waals surface area (Å²) in [6, 6.07) is 0.697. The smallest absolute Gasteiger partial charge is 0.137 e. The van der Waals surface area contributed by atoms with E-state index in [-0.39, 0.29) is 5.92 Å². The first-order valence-corrected chi connectivity index (χ1v) is 8.51. The molecule has 0 saturated heterocycles. The summed E-state index contributed by atoms with van der Waals surface area (Å²) in [5, 5.41) is 0. The number of ketones is 1. The standard InChI is InChI=1S/C18H33NO/c1-13-10-14(2)16(17(20)11-13)12-19(5)15-6-8-18(3,4)9-7-15/h13-16H,6-12H2,1-5H3. The summed E-state index contributed by atoms with van der Waals surface area (Å²) in [4.78, 5) is 14.8. The highest BCUT2D eigenvalue weighted by molar-refractivity contribution is 5.82. The van der Waals surface area contributed by atoms with Crippen LogP contribution in [0, 0.1) is 23.2 Å². The lowest BCUT2D eigenvalue weighted by Crippen LogP contribution is -2.44. The molecule has 2 aliphatic rings. The summed E-state index contributed by atoms with van der Waals surface area (Å²) in [6.07, 6.45) is 7.29. The lowest BCUT2D eigenvalue weighted by Gasteiger charge is -2.41. The van der Waals surface area contributed by atoms with Crippen LogP contribution in [0.5, 0.6) is 0 Å². The van der Waals surface area contributed by atoms with Gasteiger partial charge in [0, 0.05) is 24.9 Å². The van der Waals surface area contributed by atoms with E-state index in [2.05, 4.69) is 39.6 Å². The third-order valence-electron chi connectivity index (χ3n) is 5.84. The van der Waals surface area contributed by atoms with Gasteiger partial charge in [-0.2, -0.15) is 0 Å². The second-order valence-electron chi connectivity index (χ2n) is 8.43. The number of hydrogen-bond donors (Lipinski definition) is 0. The number of rotatable bonds is 3. The van der Waals surface area contributed by atoms with Gasteiger partial charge in [-0.3, -0.25) is 4.79 Å². The van der Waals surface area contributed by atoms with E-state index in [9.17, 15) is 4.79 Å². The zero-order valence-corrected chi connectivity index (χ0v) is 14.1. The van der Waals surface area contributed by atoms with Crippen molar-refractivity contribution in [1.29, 1.82) is 0 Å². The van der Waals surface area contributed by atoms with Crippen LogP contribution in [0.15, 0.2) is 0 Å². The molecule has 2 rings (SSSR count). The predicted octanol–water partition coefficient (Wildman–Crippen LogP) is 4.14. The highest BCUT2D eigenvalue weighted by Gasteiger charge is 2.35. The molecule has 2 heteroatoms. The number of carbonyl (C=O) groups excluding carboxylic acids is 1. The van der Waals surface area contributed by atoms with Crippen molar-refractivity contribution in [2.45, 2.75) is 72.3 Å². The van der Waals surface area contributed by atoms with Crippen molar-refractivity contribution in [3.8, 4) is 0 Å². The Labute approximate surface area is 125 Å². The molecule has 3 atom stereocenters. The monoisotopic (exact) mass is 279 g/mol. The van der Waals surface area contributed by atoms with Gasteiger partial charge in [-0.25, -0.2) is 0 Å². The van der Waals surface area contributed by atoms with Gasteiger partial charge in [0.2, 0.25) is 0 Å². The van der Waals surface area contributed by atoms with Crippen LogP contribution in [0.25, 0.3) is 0 Å². The molecule has 0 spiro atoms. The molecule has 0 N–H and O–H groups in total. The highest BCUT2D eigenvalue weighted by Crippen LogP contribution is 2.38. The van der Waals surface area contributed by atoms with E-state index in [1.54, 1.807) is 0 Å². The van der Waals surface area contributed by atoms with Crippen molar-refractivity contribution in [3.05, 3.63) is 0 Å². The van der Waals surface area contributed by atoms with E-state index >= 15 is 0 Å². The van der Waals surface area contributed by atoms with Gasteiger partial charge in [0.25, 0.3) is 0 Å². The summed E-state index contributed by atoms with van der Waals surface area (Å²) < 4.78 is 0.